The van der Waals surface area contributed by atoms with Crippen molar-refractivity contribution in [2.24, 2.45) is 0 Å². The highest BCUT2D eigenvalue weighted by Crippen LogP contribution is 2.34. The first-order chi connectivity index (χ1) is 9.79. The largest absolute Gasteiger partial charge is 0.493 e. The van der Waals surface area contributed by atoms with Crippen molar-refractivity contribution in [3.05, 3.63) is 46.9 Å². The summed E-state index contributed by atoms with van der Waals surface area (Å²) in [5, 5.41) is 3.40. The van der Waals surface area contributed by atoms with Crippen molar-refractivity contribution in [2.75, 3.05) is 11.9 Å². The minimum Gasteiger partial charge on any atom is -0.493 e. The van der Waals surface area contributed by atoms with Gasteiger partial charge in [-0.05, 0) is 6.07 Å². The Morgan fingerprint density at radius 2 is 2.20 bits per heavy atom. The summed E-state index contributed by atoms with van der Waals surface area (Å²) in [5.41, 5.74) is 1.32. The molecule has 1 aliphatic rings. The molecule has 0 saturated carbocycles. The maximum atomic E-state index is 11.1. The monoisotopic (exact) mass is 289 g/mol. The predicted molar refractivity (Wildman–Crippen MR) is 75.3 cm³/mol. The van der Waals surface area contributed by atoms with Crippen molar-refractivity contribution in [1.82, 2.24) is 9.97 Å². The van der Waals surface area contributed by atoms with E-state index in [0.29, 0.717) is 18.7 Å². The van der Waals surface area contributed by atoms with Crippen molar-refractivity contribution in [1.29, 1.82) is 0 Å². The van der Waals surface area contributed by atoms with E-state index < -0.39 is 0 Å². The van der Waals surface area contributed by atoms with Crippen LogP contribution in [0.3, 0.4) is 0 Å². The van der Waals surface area contributed by atoms with Crippen LogP contribution < -0.4 is 10.1 Å². The van der Waals surface area contributed by atoms with Gasteiger partial charge in [0.1, 0.15) is 23.0 Å². The number of nitrogens with zero attached hydrogens (tertiary/aromatic N) is 2. The molecule has 20 heavy (non-hydrogen) atoms. The second kappa shape index (κ2) is 5.46. The van der Waals surface area contributed by atoms with Crippen LogP contribution in [0.4, 0.5) is 5.82 Å². The van der Waals surface area contributed by atoms with E-state index in [2.05, 4.69) is 15.3 Å². The normalized spacial score (nSPS) is 16.9. The van der Waals surface area contributed by atoms with Crippen molar-refractivity contribution >= 4 is 23.7 Å². The number of aldehydes is 1. The Labute approximate surface area is 121 Å². The Kier molecular flexibility index (Phi) is 3.52. The first-order valence-corrected chi connectivity index (χ1v) is 6.61. The standard InChI is InChI=1S/C14H12ClN3O2/c15-13-10(7-19)14(17-8-16-13)18-11-5-6-20-12-4-2-1-3-9(11)12/h1-4,7-8,11H,5-6H2,(H,16,17,18). The maximum absolute atomic E-state index is 11.1. The molecular weight excluding hydrogens is 278 g/mol. The van der Waals surface area contributed by atoms with E-state index in [-0.39, 0.29) is 16.8 Å². The van der Waals surface area contributed by atoms with Crippen LogP contribution in [0.5, 0.6) is 5.75 Å². The molecule has 1 atom stereocenters. The van der Waals surface area contributed by atoms with E-state index in [9.17, 15) is 4.79 Å². The van der Waals surface area contributed by atoms with Crippen LogP contribution in [0.25, 0.3) is 0 Å². The maximum Gasteiger partial charge on any atom is 0.156 e. The number of para-hydroxylation sites is 1. The number of anilines is 1. The Morgan fingerprint density at radius 3 is 3.05 bits per heavy atom. The van der Waals surface area contributed by atoms with Gasteiger partial charge in [0.2, 0.25) is 0 Å². The van der Waals surface area contributed by atoms with Gasteiger partial charge in [-0.25, -0.2) is 9.97 Å². The Balaban J connectivity index is 1.93. The van der Waals surface area contributed by atoms with Gasteiger partial charge in [-0.3, -0.25) is 4.79 Å². The van der Waals surface area contributed by atoms with Crippen LogP contribution in [0.2, 0.25) is 5.15 Å². The molecule has 0 saturated heterocycles. The van der Waals surface area contributed by atoms with Gasteiger partial charge in [-0.1, -0.05) is 29.8 Å². The van der Waals surface area contributed by atoms with Gasteiger partial charge in [0.05, 0.1) is 18.2 Å². The SMILES string of the molecule is O=Cc1c(Cl)ncnc1NC1CCOc2ccccc21. The number of ether oxygens (including phenoxy) is 1. The van der Waals surface area contributed by atoms with E-state index in [1.807, 2.05) is 24.3 Å². The van der Waals surface area contributed by atoms with Gasteiger partial charge in [-0.15, -0.1) is 0 Å². The van der Waals surface area contributed by atoms with E-state index in [0.717, 1.165) is 17.7 Å². The van der Waals surface area contributed by atoms with Crippen molar-refractivity contribution in [2.45, 2.75) is 12.5 Å². The van der Waals surface area contributed by atoms with Gasteiger partial charge in [0, 0.05) is 12.0 Å². The van der Waals surface area contributed by atoms with Gasteiger partial charge < -0.3 is 10.1 Å². The summed E-state index contributed by atoms with van der Waals surface area (Å²) in [4.78, 5) is 19.0. The summed E-state index contributed by atoms with van der Waals surface area (Å²) in [6.07, 6.45) is 2.79. The summed E-state index contributed by atoms with van der Waals surface area (Å²) < 4.78 is 5.60. The minimum atomic E-state index is 0.0321. The molecule has 0 amide bonds. The molecule has 0 bridgehead atoms. The fourth-order valence-corrected chi connectivity index (χ4v) is 2.43. The third-order valence-electron chi connectivity index (χ3n) is 3.22. The number of aromatic nitrogens is 2. The fourth-order valence-electron chi connectivity index (χ4n) is 2.25. The Morgan fingerprint density at radius 1 is 1.35 bits per heavy atom. The highest BCUT2D eigenvalue weighted by atomic mass is 35.5. The molecule has 3 rings (SSSR count). The van der Waals surface area contributed by atoms with E-state index in [1.165, 1.54) is 6.33 Å². The lowest BCUT2D eigenvalue weighted by Gasteiger charge is -2.27. The molecule has 0 aliphatic carbocycles. The minimum absolute atomic E-state index is 0.0321. The van der Waals surface area contributed by atoms with E-state index >= 15 is 0 Å². The molecule has 0 spiro atoms. The summed E-state index contributed by atoms with van der Waals surface area (Å²) in [5.74, 6) is 1.30. The average molecular weight is 290 g/mol. The molecule has 6 heteroatoms. The molecule has 1 unspecified atom stereocenters. The molecular formula is C14H12ClN3O2. The Bertz CT molecular complexity index is 648. The zero-order valence-electron chi connectivity index (χ0n) is 10.5. The number of carbonyl (C=O) groups is 1. The summed E-state index contributed by atoms with van der Waals surface area (Å²) in [7, 11) is 0. The van der Waals surface area contributed by atoms with Crippen molar-refractivity contribution in [3.8, 4) is 5.75 Å². The molecule has 1 aliphatic heterocycles. The number of nitrogens with one attached hydrogen (secondary N) is 1. The lowest BCUT2D eigenvalue weighted by molar-refractivity contribution is 0.112. The number of fused-ring (bicyclic) bond motifs is 1. The van der Waals surface area contributed by atoms with Crippen LogP contribution in [0.1, 0.15) is 28.4 Å². The highest BCUT2D eigenvalue weighted by Gasteiger charge is 2.22. The first-order valence-electron chi connectivity index (χ1n) is 6.23. The molecule has 2 heterocycles. The molecule has 1 aromatic heterocycles. The number of benzene rings is 1. The van der Waals surface area contributed by atoms with Crippen LogP contribution in [0.15, 0.2) is 30.6 Å². The van der Waals surface area contributed by atoms with Crippen LogP contribution in [-0.2, 0) is 0 Å². The van der Waals surface area contributed by atoms with E-state index in [1.54, 1.807) is 0 Å². The topological polar surface area (TPSA) is 64.1 Å². The second-order valence-electron chi connectivity index (χ2n) is 4.42. The number of hydrogen-bond acceptors (Lipinski definition) is 5. The first kappa shape index (κ1) is 12.9. The van der Waals surface area contributed by atoms with Gasteiger partial charge in [-0.2, -0.15) is 0 Å². The van der Waals surface area contributed by atoms with Crippen molar-refractivity contribution in [3.63, 3.8) is 0 Å². The van der Waals surface area contributed by atoms with Crippen molar-refractivity contribution < 1.29 is 9.53 Å². The Hall–Kier alpha value is -2.14. The third kappa shape index (κ3) is 2.32. The molecule has 0 radical (unpaired) electrons. The molecule has 1 aromatic carbocycles. The predicted octanol–water partition coefficient (Wildman–Crippen LogP) is 2.88. The zero-order valence-corrected chi connectivity index (χ0v) is 11.3. The molecule has 1 N–H and O–H groups in total. The van der Waals surface area contributed by atoms with Crippen LogP contribution >= 0.6 is 11.6 Å². The molecule has 2 aromatic rings. The lowest BCUT2D eigenvalue weighted by atomic mass is 10.0. The number of hydrogen-bond donors (Lipinski definition) is 1. The van der Waals surface area contributed by atoms with E-state index in [4.69, 9.17) is 16.3 Å². The number of rotatable bonds is 3. The second-order valence-corrected chi connectivity index (χ2v) is 4.77. The summed E-state index contributed by atoms with van der Waals surface area (Å²) >= 11 is 5.90. The molecule has 5 nitrogen and oxygen atoms in total. The van der Waals surface area contributed by atoms with Gasteiger partial charge in [0.25, 0.3) is 0 Å². The third-order valence-corrected chi connectivity index (χ3v) is 3.52. The summed E-state index contributed by atoms with van der Waals surface area (Å²) in [6.45, 7) is 0.615. The molecule has 102 valence electrons. The fraction of sp³-hybridized carbons (Fsp3) is 0.214. The summed E-state index contributed by atoms with van der Waals surface area (Å²) in [6, 6.07) is 7.84. The zero-order chi connectivity index (χ0) is 13.9. The van der Waals surface area contributed by atoms with Gasteiger partial charge >= 0.3 is 0 Å². The van der Waals surface area contributed by atoms with Gasteiger partial charge in [0.15, 0.2) is 6.29 Å². The lowest BCUT2D eigenvalue weighted by Crippen LogP contribution is -2.21. The quantitative estimate of drug-likeness (QED) is 0.695. The smallest absolute Gasteiger partial charge is 0.156 e. The van der Waals surface area contributed by atoms with Crippen LogP contribution in [0, 0.1) is 0 Å². The van der Waals surface area contributed by atoms with Crippen LogP contribution in [-0.4, -0.2) is 22.9 Å². The molecule has 0 fully saturated rings. The average Bonchev–Trinajstić information content (AvgIpc) is 2.48. The number of halogens is 1. The highest BCUT2D eigenvalue weighted by molar-refractivity contribution is 6.32. The number of carbonyl (C=O) groups excluding carboxylic acids is 1.